The van der Waals surface area contributed by atoms with E-state index in [1.165, 1.54) is 7.11 Å². The molecule has 0 bridgehead atoms. The lowest BCUT2D eigenvalue weighted by molar-refractivity contribution is -0.126. The van der Waals surface area contributed by atoms with Crippen LogP contribution < -0.4 is 4.74 Å². The molecule has 1 rings (SSSR count). The number of para-hydroxylation sites is 1. The quantitative estimate of drug-likeness (QED) is 0.277. The molecule has 5 heteroatoms. The van der Waals surface area contributed by atoms with Crippen molar-refractivity contribution in [2.24, 2.45) is 5.16 Å². The Bertz CT molecular complexity index is 365. The summed E-state index contributed by atoms with van der Waals surface area (Å²) in [5, 5.41) is 3.94. The topological polar surface area (TPSA) is 47.9 Å². The molecule has 0 radical (unpaired) electrons. The van der Waals surface area contributed by atoms with Gasteiger partial charge in [-0.05, 0) is 6.07 Å². The minimum Gasteiger partial charge on any atom is -0.422 e. The van der Waals surface area contributed by atoms with Gasteiger partial charge in [-0.3, -0.25) is 0 Å². The summed E-state index contributed by atoms with van der Waals surface area (Å²) in [5.41, 5.74) is 0.900. The molecule has 0 saturated carbocycles. The smallest absolute Gasteiger partial charge is 0.358 e. The molecule has 0 aliphatic heterocycles. The van der Waals surface area contributed by atoms with Gasteiger partial charge < -0.3 is 9.57 Å². The molecule has 0 fully saturated rings. The molecular weight excluding hydrogens is 262 g/mol. The van der Waals surface area contributed by atoms with Gasteiger partial charge in [0.1, 0.15) is 12.9 Å². The van der Waals surface area contributed by atoms with Crippen molar-refractivity contribution in [3.05, 3.63) is 29.8 Å². The van der Waals surface area contributed by atoms with E-state index in [9.17, 15) is 4.79 Å². The molecule has 1 aromatic carbocycles. The molecular formula is C10H10BrNO3. The summed E-state index contributed by atoms with van der Waals surface area (Å²) in [6, 6.07) is 7.25. The number of nitrogens with zero attached hydrogens (tertiary/aromatic N) is 1. The zero-order valence-electron chi connectivity index (χ0n) is 8.14. The van der Waals surface area contributed by atoms with Crippen molar-refractivity contribution < 1.29 is 14.4 Å². The van der Waals surface area contributed by atoms with Crippen LogP contribution in [0.5, 0.6) is 5.75 Å². The van der Waals surface area contributed by atoms with Crippen LogP contribution in [0.1, 0.15) is 5.56 Å². The summed E-state index contributed by atoms with van der Waals surface area (Å²) >= 11 is 3.30. The monoisotopic (exact) mass is 271 g/mol. The molecule has 0 atom stereocenters. The number of ether oxygens (including phenoxy) is 1. The molecule has 0 aliphatic carbocycles. The van der Waals surface area contributed by atoms with Crippen LogP contribution in [0.2, 0.25) is 0 Å². The third kappa shape index (κ3) is 3.71. The van der Waals surface area contributed by atoms with Crippen LogP contribution in [0.4, 0.5) is 0 Å². The fraction of sp³-hybridized carbons (Fsp3) is 0.200. The number of carbonyl (C=O) groups excluding carboxylic acids is 1. The van der Waals surface area contributed by atoms with Crippen LogP contribution in [-0.4, -0.2) is 19.3 Å². The summed E-state index contributed by atoms with van der Waals surface area (Å²) in [5.74, 6) is -0.0489. The predicted octanol–water partition coefficient (Wildman–Crippen LogP) is 2.12. The lowest BCUT2D eigenvalue weighted by Gasteiger charge is -2.05. The minimum atomic E-state index is -0.565. The van der Waals surface area contributed by atoms with Gasteiger partial charge >= 0.3 is 5.97 Å². The largest absolute Gasteiger partial charge is 0.422 e. The third-order valence-corrected chi connectivity index (χ3v) is 2.19. The normalized spacial score (nSPS) is 10.3. The number of oxime groups is 1. The van der Waals surface area contributed by atoms with Gasteiger partial charge in [0, 0.05) is 10.9 Å². The Morgan fingerprint density at radius 3 is 2.93 bits per heavy atom. The van der Waals surface area contributed by atoms with Crippen molar-refractivity contribution >= 4 is 28.1 Å². The minimum absolute atomic E-state index is 0.516. The highest BCUT2D eigenvalue weighted by Crippen LogP contribution is 2.20. The molecule has 0 N–H and O–H groups in total. The number of benzene rings is 1. The lowest BCUT2D eigenvalue weighted by atomic mass is 10.2. The number of hydrogen-bond acceptors (Lipinski definition) is 4. The predicted molar refractivity (Wildman–Crippen MR) is 60.2 cm³/mol. The van der Waals surface area contributed by atoms with E-state index in [-0.39, 0.29) is 0 Å². The van der Waals surface area contributed by atoms with Gasteiger partial charge in [0.2, 0.25) is 0 Å². The highest BCUT2D eigenvalue weighted by atomic mass is 79.9. The Labute approximate surface area is 96.0 Å². The van der Waals surface area contributed by atoms with Crippen molar-refractivity contribution in [1.29, 1.82) is 0 Å². The average Bonchev–Trinajstić information content (AvgIpc) is 2.27. The highest BCUT2D eigenvalue weighted by molar-refractivity contribution is 9.08. The van der Waals surface area contributed by atoms with Gasteiger partial charge in [-0.25, -0.2) is 4.79 Å². The second-order valence-electron chi connectivity index (χ2n) is 2.58. The maximum absolute atomic E-state index is 11.2. The fourth-order valence-corrected chi connectivity index (χ4v) is 1.41. The number of rotatable bonds is 4. The molecule has 0 aliphatic rings. The van der Waals surface area contributed by atoms with Crippen LogP contribution in [-0.2, 0) is 15.0 Å². The van der Waals surface area contributed by atoms with E-state index >= 15 is 0 Å². The van der Waals surface area contributed by atoms with Crippen molar-refractivity contribution in [2.75, 3.05) is 7.11 Å². The molecule has 80 valence electrons. The molecule has 0 amide bonds. The first-order valence-corrected chi connectivity index (χ1v) is 5.32. The van der Waals surface area contributed by atoms with Gasteiger partial charge in [0.15, 0.2) is 6.21 Å². The number of esters is 1. The molecule has 0 saturated heterocycles. The maximum atomic E-state index is 11.2. The Balaban J connectivity index is 2.71. The van der Waals surface area contributed by atoms with Crippen molar-refractivity contribution in [3.8, 4) is 5.75 Å². The van der Waals surface area contributed by atoms with Gasteiger partial charge in [0.25, 0.3) is 0 Å². The standard InChI is InChI=1S/C10H10BrNO3/c1-14-12-7-10(13)15-9-5-3-2-4-8(9)6-11/h2-5,7H,6H2,1H3. The number of alkyl halides is 1. The zero-order valence-corrected chi connectivity index (χ0v) is 9.73. The van der Waals surface area contributed by atoms with E-state index in [0.29, 0.717) is 11.1 Å². The Hall–Kier alpha value is -1.36. The van der Waals surface area contributed by atoms with E-state index in [4.69, 9.17) is 4.74 Å². The Kier molecular flexibility index (Phi) is 4.83. The molecule has 15 heavy (non-hydrogen) atoms. The Morgan fingerprint density at radius 1 is 1.53 bits per heavy atom. The number of carbonyl (C=O) groups is 1. The second-order valence-corrected chi connectivity index (χ2v) is 3.14. The lowest BCUT2D eigenvalue weighted by Crippen LogP contribution is -2.10. The van der Waals surface area contributed by atoms with Crippen molar-refractivity contribution in [3.63, 3.8) is 0 Å². The van der Waals surface area contributed by atoms with Gasteiger partial charge in [0.05, 0.1) is 0 Å². The van der Waals surface area contributed by atoms with E-state index in [1.54, 1.807) is 12.1 Å². The Morgan fingerprint density at radius 2 is 2.27 bits per heavy atom. The zero-order chi connectivity index (χ0) is 11.1. The van der Waals surface area contributed by atoms with Crippen LogP contribution in [0.25, 0.3) is 0 Å². The highest BCUT2D eigenvalue weighted by Gasteiger charge is 2.05. The second kappa shape index (κ2) is 6.19. The third-order valence-electron chi connectivity index (χ3n) is 1.59. The first kappa shape index (κ1) is 11.7. The maximum Gasteiger partial charge on any atom is 0.358 e. The first-order valence-electron chi connectivity index (χ1n) is 4.20. The molecule has 0 heterocycles. The van der Waals surface area contributed by atoms with E-state index in [0.717, 1.165) is 11.8 Å². The molecule has 1 aromatic rings. The molecule has 0 aromatic heterocycles. The molecule has 0 spiro atoms. The number of hydrogen-bond donors (Lipinski definition) is 0. The fourth-order valence-electron chi connectivity index (χ4n) is 0.944. The van der Waals surface area contributed by atoms with E-state index in [2.05, 4.69) is 25.9 Å². The van der Waals surface area contributed by atoms with Gasteiger partial charge in [-0.15, -0.1) is 0 Å². The summed E-state index contributed by atoms with van der Waals surface area (Å²) in [6.07, 6.45) is 0.977. The summed E-state index contributed by atoms with van der Waals surface area (Å²) < 4.78 is 5.04. The van der Waals surface area contributed by atoms with Crippen LogP contribution >= 0.6 is 15.9 Å². The van der Waals surface area contributed by atoms with Crippen molar-refractivity contribution in [2.45, 2.75) is 5.33 Å². The summed E-state index contributed by atoms with van der Waals surface area (Å²) in [6.45, 7) is 0. The van der Waals surface area contributed by atoms with Crippen LogP contribution in [0.3, 0.4) is 0 Å². The van der Waals surface area contributed by atoms with Crippen molar-refractivity contribution in [1.82, 2.24) is 0 Å². The van der Waals surface area contributed by atoms with Crippen LogP contribution in [0.15, 0.2) is 29.4 Å². The van der Waals surface area contributed by atoms with Gasteiger partial charge in [-0.2, -0.15) is 0 Å². The van der Waals surface area contributed by atoms with Gasteiger partial charge in [-0.1, -0.05) is 39.3 Å². The summed E-state index contributed by atoms with van der Waals surface area (Å²) in [7, 11) is 1.36. The van der Waals surface area contributed by atoms with E-state index < -0.39 is 5.97 Å². The number of halogens is 1. The average molecular weight is 272 g/mol. The first-order chi connectivity index (χ1) is 7.27. The SMILES string of the molecule is CON=CC(=O)Oc1ccccc1CBr. The molecule has 0 unspecified atom stereocenters. The summed E-state index contributed by atoms with van der Waals surface area (Å²) in [4.78, 5) is 15.5. The van der Waals surface area contributed by atoms with E-state index in [1.807, 2.05) is 12.1 Å². The molecule has 4 nitrogen and oxygen atoms in total. The van der Waals surface area contributed by atoms with Crippen LogP contribution in [0, 0.1) is 0 Å².